The van der Waals surface area contributed by atoms with Crippen molar-refractivity contribution in [1.29, 1.82) is 0 Å². The van der Waals surface area contributed by atoms with Crippen LogP contribution >= 0.6 is 11.6 Å². The van der Waals surface area contributed by atoms with Gasteiger partial charge in [0.15, 0.2) is 0 Å². The quantitative estimate of drug-likeness (QED) is 0.677. The molecule has 0 aromatic heterocycles. The van der Waals surface area contributed by atoms with Gasteiger partial charge in [0.25, 0.3) is 0 Å². The van der Waals surface area contributed by atoms with Crippen LogP contribution in [0.2, 0.25) is 5.02 Å². The minimum Gasteiger partial charge on any atom is -0.166 e. The van der Waals surface area contributed by atoms with Crippen LogP contribution in [0.4, 0.5) is 13.2 Å². The summed E-state index contributed by atoms with van der Waals surface area (Å²) in [4.78, 5) is 0. The molecule has 17 heavy (non-hydrogen) atoms. The summed E-state index contributed by atoms with van der Waals surface area (Å²) >= 11 is 5.81. The highest BCUT2D eigenvalue weighted by Crippen LogP contribution is 2.34. The van der Waals surface area contributed by atoms with Crippen LogP contribution in [-0.4, -0.2) is 6.18 Å². The summed E-state index contributed by atoms with van der Waals surface area (Å²) in [5, 5.41) is 0.514. The third-order valence-electron chi connectivity index (χ3n) is 2.47. The second kappa shape index (κ2) is 4.57. The lowest BCUT2D eigenvalue weighted by Crippen LogP contribution is -2.12. The molecule has 1 aromatic carbocycles. The van der Waals surface area contributed by atoms with Crippen molar-refractivity contribution >= 4 is 17.2 Å². The molecule has 0 atom stereocenters. The van der Waals surface area contributed by atoms with Crippen LogP contribution in [0.15, 0.2) is 42.0 Å². The number of hydrogen-bond acceptors (Lipinski definition) is 0. The van der Waals surface area contributed by atoms with E-state index in [1.807, 2.05) is 0 Å². The summed E-state index contributed by atoms with van der Waals surface area (Å²) in [6, 6.07) is 6.81. The van der Waals surface area contributed by atoms with Gasteiger partial charge in [0.1, 0.15) is 0 Å². The SMILES string of the molecule is FC(F)(F)C1=CC[CH]C(c2cccc(Cl)c2)=C1. The van der Waals surface area contributed by atoms with Gasteiger partial charge in [-0.05, 0) is 42.2 Å². The van der Waals surface area contributed by atoms with Gasteiger partial charge in [-0.25, -0.2) is 0 Å². The van der Waals surface area contributed by atoms with Crippen LogP contribution in [-0.2, 0) is 0 Å². The van der Waals surface area contributed by atoms with Gasteiger partial charge >= 0.3 is 6.18 Å². The number of benzene rings is 1. The highest BCUT2D eigenvalue weighted by molar-refractivity contribution is 6.30. The van der Waals surface area contributed by atoms with E-state index in [9.17, 15) is 13.2 Å². The Labute approximate surface area is 102 Å². The maximum absolute atomic E-state index is 12.6. The molecule has 89 valence electrons. The summed E-state index contributed by atoms with van der Waals surface area (Å²) in [6.45, 7) is 0. The van der Waals surface area contributed by atoms with Crippen molar-refractivity contribution in [2.75, 3.05) is 0 Å². The zero-order valence-corrected chi connectivity index (χ0v) is 9.52. The molecule has 0 unspecified atom stereocenters. The lowest BCUT2D eigenvalue weighted by Gasteiger charge is -2.16. The van der Waals surface area contributed by atoms with E-state index in [2.05, 4.69) is 0 Å². The van der Waals surface area contributed by atoms with Gasteiger partial charge in [0, 0.05) is 5.02 Å². The lowest BCUT2D eigenvalue weighted by atomic mass is 9.93. The van der Waals surface area contributed by atoms with Crippen molar-refractivity contribution in [2.24, 2.45) is 0 Å². The fourth-order valence-corrected chi connectivity index (χ4v) is 1.86. The number of hydrogen-bond donors (Lipinski definition) is 0. The summed E-state index contributed by atoms with van der Waals surface area (Å²) in [6.07, 6.45) is 0.0649. The summed E-state index contributed by atoms with van der Waals surface area (Å²) in [5.41, 5.74) is 0.657. The first kappa shape index (κ1) is 12.2. The number of allylic oxidation sites excluding steroid dienone is 4. The summed E-state index contributed by atoms with van der Waals surface area (Å²) < 4.78 is 37.7. The molecule has 0 aliphatic heterocycles. The highest BCUT2D eigenvalue weighted by atomic mass is 35.5. The summed E-state index contributed by atoms with van der Waals surface area (Å²) in [5.74, 6) is 0. The second-order valence-corrected chi connectivity index (χ2v) is 4.14. The van der Waals surface area contributed by atoms with E-state index in [0.717, 1.165) is 6.08 Å². The van der Waals surface area contributed by atoms with Crippen molar-refractivity contribution in [3.63, 3.8) is 0 Å². The molecule has 0 amide bonds. The molecule has 0 saturated heterocycles. The molecule has 0 nitrogen and oxygen atoms in total. The molecule has 4 heteroatoms. The average molecular weight is 258 g/mol. The Morgan fingerprint density at radius 2 is 1.94 bits per heavy atom. The Hall–Kier alpha value is -1.22. The standard InChI is InChI=1S/C13H9ClF3/c14-12-6-2-4-10(8-12)9-3-1-5-11(7-9)13(15,16)17/h2-8H,1H2. The van der Waals surface area contributed by atoms with Crippen LogP contribution in [0.1, 0.15) is 12.0 Å². The highest BCUT2D eigenvalue weighted by Gasteiger charge is 2.33. The van der Waals surface area contributed by atoms with Crippen molar-refractivity contribution in [3.8, 4) is 0 Å². The number of alkyl halides is 3. The molecule has 0 saturated carbocycles. The van der Waals surface area contributed by atoms with E-state index in [0.29, 0.717) is 16.2 Å². The van der Waals surface area contributed by atoms with Crippen molar-refractivity contribution in [3.05, 3.63) is 59.0 Å². The molecule has 2 rings (SSSR count). The first-order chi connectivity index (χ1) is 7.97. The fourth-order valence-electron chi connectivity index (χ4n) is 1.67. The molecule has 1 aliphatic rings. The maximum atomic E-state index is 12.6. The van der Waals surface area contributed by atoms with E-state index in [1.165, 1.54) is 6.08 Å². The normalized spacial score (nSPS) is 16.5. The zero-order valence-electron chi connectivity index (χ0n) is 8.76. The van der Waals surface area contributed by atoms with Crippen molar-refractivity contribution in [1.82, 2.24) is 0 Å². The minimum atomic E-state index is -4.29. The predicted octanol–water partition coefficient (Wildman–Crippen LogP) is 4.82. The Bertz CT molecular complexity index is 484. The van der Waals surface area contributed by atoms with Crippen LogP contribution in [0.3, 0.4) is 0 Å². The molecular formula is C13H9ClF3. The third-order valence-corrected chi connectivity index (χ3v) is 2.71. The van der Waals surface area contributed by atoms with Gasteiger partial charge in [-0.15, -0.1) is 0 Å². The van der Waals surface area contributed by atoms with Gasteiger partial charge in [0.2, 0.25) is 0 Å². The molecule has 0 bridgehead atoms. The summed E-state index contributed by atoms with van der Waals surface area (Å²) in [7, 11) is 0. The van der Waals surface area contributed by atoms with Crippen LogP contribution in [0.5, 0.6) is 0 Å². The Morgan fingerprint density at radius 3 is 2.59 bits per heavy atom. The first-order valence-electron chi connectivity index (χ1n) is 5.05. The molecule has 1 aliphatic carbocycles. The molecular weight excluding hydrogens is 249 g/mol. The zero-order chi connectivity index (χ0) is 12.5. The Kier molecular flexibility index (Phi) is 3.29. The van der Waals surface area contributed by atoms with Crippen LogP contribution < -0.4 is 0 Å². The van der Waals surface area contributed by atoms with E-state index in [4.69, 9.17) is 11.6 Å². The van der Waals surface area contributed by atoms with E-state index in [-0.39, 0.29) is 6.42 Å². The smallest absolute Gasteiger partial charge is 0.166 e. The largest absolute Gasteiger partial charge is 0.416 e. The van der Waals surface area contributed by atoms with Crippen LogP contribution in [0, 0.1) is 6.42 Å². The maximum Gasteiger partial charge on any atom is 0.416 e. The van der Waals surface area contributed by atoms with E-state index in [1.54, 1.807) is 30.7 Å². The van der Waals surface area contributed by atoms with Gasteiger partial charge < -0.3 is 0 Å². The van der Waals surface area contributed by atoms with Crippen molar-refractivity contribution in [2.45, 2.75) is 12.6 Å². The Morgan fingerprint density at radius 1 is 1.18 bits per heavy atom. The monoisotopic (exact) mass is 257 g/mol. The van der Waals surface area contributed by atoms with Crippen molar-refractivity contribution < 1.29 is 13.2 Å². The van der Waals surface area contributed by atoms with Gasteiger partial charge in [0.05, 0.1) is 5.57 Å². The average Bonchev–Trinajstić information content (AvgIpc) is 2.28. The predicted molar refractivity (Wildman–Crippen MR) is 62.5 cm³/mol. The third kappa shape index (κ3) is 2.91. The van der Waals surface area contributed by atoms with Gasteiger partial charge in [-0.3, -0.25) is 0 Å². The molecule has 1 radical (unpaired) electrons. The molecule has 1 aromatic rings. The van der Waals surface area contributed by atoms with Gasteiger partial charge in [-0.1, -0.05) is 29.8 Å². The van der Waals surface area contributed by atoms with Crippen LogP contribution in [0.25, 0.3) is 5.57 Å². The fraction of sp³-hybridized carbons (Fsp3) is 0.154. The lowest BCUT2D eigenvalue weighted by molar-refractivity contribution is -0.0884. The molecule has 0 heterocycles. The van der Waals surface area contributed by atoms with E-state index >= 15 is 0 Å². The Balaban J connectivity index is 2.35. The number of halogens is 4. The first-order valence-corrected chi connectivity index (χ1v) is 5.43. The second-order valence-electron chi connectivity index (χ2n) is 3.71. The molecule has 0 N–H and O–H groups in total. The van der Waals surface area contributed by atoms with E-state index < -0.39 is 11.7 Å². The topological polar surface area (TPSA) is 0 Å². The number of rotatable bonds is 1. The van der Waals surface area contributed by atoms with Gasteiger partial charge in [-0.2, -0.15) is 13.2 Å². The molecule has 0 spiro atoms. The molecule has 0 fully saturated rings. The minimum absolute atomic E-state index is 0.285.